The van der Waals surface area contributed by atoms with Crippen LogP contribution >= 0.6 is 0 Å². The van der Waals surface area contributed by atoms with E-state index in [1.165, 1.54) is 0 Å². The summed E-state index contributed by atoms with van der Waals surface area (Å²) in [5.74, 6) is -1.73. The zero-order valence-electron chi connectivity index (χ0n) is 19.9. The van der Waals surface area contributed by atoms with Crippen molar-refractivity contribution >= 4 is 23.8 Å². The van der Waals surface area contributed by atoms with Crippen LogP contribution in [0.3, 0.4) is 0 Å². The molecule has 3 aliphatic rings. The van der Waals surface area contributed by atoms with E-state index in [4.69, 9.17) is 4.74 Å². The van der Waals surface area contributed by atoms with Gasteiger partial charge in [0.1, 0.15) is 11.1 Å². The number of nitrogens with one attached hydrogen (secondary N) is 2. The summed E-state index contributed by atoms with van der Waals surface area (Å²) in [6.07, 6.45) is 8.84. The highest BCUT2D eigenvalue weighted by Gasteiger charge is 2.61. The van der Waals surface area contributed by atoms with Gasteiger partial charge in [-0.25, -0.2) is 9.59 Å². The second-order valence-corrected chi connectivity index (χ2v) is 10.4. The van der Waals surface area contributed by atoms with Gasteiger partial charge in [-0.1, -0.05) is 25.0 Å². The number of carboxylic acid groups (broad SMARTS) is 1. The number of hydrogen-bond acceptors (Lipinski definition) is 6. The van der Waals surface area contributed by atoms with Crippen LogP contribution in [0.5, 0.6) is 0 Å². The summed E-state index contributed by atoms with van der Waals surface area (Å²) >= 11 is 0. The third-order valence-electron chi connectivity index (χ3n) is 6.58. The van der Waals surface area contributed by atoms with Gasteiger partial charge in [-0.15, -0.1) is 0 Å². The predicted molar refractivity (Wildman–Crippen MR) is 122 cm³/mol. The van der Waals surface area contributed by atoms with E-state index < -0.39 is 35.3 Å². The number of ether oxygens (including phenoxy) is 1. The fraction of sp³-hybridized carbons (Fsp3) is 0.750. The lowest BCUT2D eigenvalue weighted by Crippen LogP contribution is -2.54. The van der Waals surface area contributed by atoms with Gasteiger partial charge >= 0.3 is 12.1 Å². The number of carbonyl (C=O) groups is 4. The number of carboxylic acids is 1. The number of Topliss-reactive ketones (excluding diaryl/α,β-unsaturated/α-hetero) is 1. The molecule has 0 bridgehead atoms. The number of nitrogens with zero attached hydrogens (tertiary/aromatic N) is 1. The number of ketones is 1. The number of carbonyl (C=O) groups excluding carboxylic acids is 3. The number of amides is 2. The van der Waals surface area contributed by atoms with E-state index in [2.05, 4.69) is 10.6 Å². The minimum atomic E-state index is -1.25. The minimum Gasteiger partial charge on any atom is -0.479 e. The average molecular weight is 464 g/mol. The monoisotopic (exact) mass is 463 g/mol. The highest BCUT2D eigenvalue weighted by atomic mass is 16.6. The van der Waals surface area contributed by atoms with E-state index in [1.807, 2.05) is 12.2 Å². The van der Waals surface area contributed by atoms with Crippen molar-refractivity contribution in [3.8, 4) is 0 Å². The molecule has 1 saturated heterocycles. The standard InChI is InChI=1S/C24H37N3O6/c1-23(2,3)33-22(32)25-17-11-8-6-4-5-7-10-16-14-24(16,21(30)31)26-20(29)18-12-9-13-27(18)15-19(17)28/h7,10,16-18H,4-6,8-9,11-15H2,1-3H3,(H,25,32)(H,26,29)(H,30,31)/b10-7-/t16-,17+,18+,24-/m1/s1. The van der Waals surface area contributed by atoms with E-state index >= 15 is 0 Å². The van der Waals surface area contributed by atoms with Gasteiger partial charge in [0.25, 0.3) is 0 Å². The molecule has 0 aromatic carbocycles. The molecular formula is C24H37N3O6. The van der Waals surface area contributed by atoms with E-state index in [1.54, 1.807) is 25.7 Å². The number of aliphatic carboxylic acids is 1. The van der Waals surface area contributed by atoms with Crippen molar-refractivity contribution in [2.45, 2.75) is 95.4 Å². The van der Waals surface area contributed by atoms with Crippen molar-refractivity contribution in [3.05, 3.63) is 12.2 Å². The van der Waals surface area contributed by atoms with Gasteiger partial charge in [0, 0.05) is 5.92 Å². The van der Waals surface area contributed by atoms with Crippen LogP contribution in [0.15, 0.2) is 12.2 Å². The summed E-state index contributed by atoms with van der Waals surface area (Å²) in [4.78, 5) is 52.2. The molecule has 0 spiro atoms. The molecule has 0 unspecified atom stereocenters. The topological polar surface area (TPSA) is 125 Å². The van der Waals surface area contributed by atoms with E-state index in [0.29, 0.717) is 25.8 Å². The van der Waals surface area contributed by atoms with Crippen molar-refractivity contribution in [1.29, 1.82) is 0 Å². The van der Waals surface area contributed by atoms with Crippen molar-refractivity contribution in [2.75, 3.05) is 13.1 Å². The fourth-order valence-corrected chi connectivity index (χ4v) is 4.70. The summed E-state index contributed by atoms with van der Waals surface area (Å²) in [6.45, 7) is 5.91. The van der Waals surface area contributed by atoms with E-state index in [9.17, 15) is 24.3 Å². The third kappa shape index (κ3) is 6.56. The van der Waals surface area contributed by atoms with Crippen molar-refractivity contribution in [3.63, 3.8) is 0 Å². The van der Waals surface area contributed by atoms with Gasteiger partial charge < -0.3 is 20.5 Å². The lowest BCUT2D eigenvalue weighted by atomic mass is 10.0. The summed E-state index contributed by atoms with van der Waals surface area (Å²) < 4.78 is 5.34. The molecule has 2 amide bonds. The molecule has 9 nitrogen and oxygen atoms in total. The predicted octanol–water partition coefficient (Wildman–Crippen LogP) is 2.39. The Balaban J connectivity index is 1.74. The molecule has 3 N–H and O–H groups in total. The molecule has 2 heterocycles. The van der Waals surface area contributed by atoms with Gasteiger partial charge in [-0.2, -0.15) is 0 Å². The molecule has 0 aromatic heterocycles. The molecule has 0 aromatic rings. The van der Waals surface area contributed by atoms with Crippen LogP contribution in [-0.4, -0.2) is 70.1 Å². The lowest BCUT2D eigenvalue weighted by molar-refractivity contribution is -0.144. The Morgan fingerprint density at radius 3 is 2.64 bits per heavy atom. The lowest BCUT2D eigenvalue weighted by Gasteiger charge is -2.27. The molecule has 2 fully saturated rings. The summed E-state index contributed by atoms with van der Waals surface area (Å²) in [7, 11) is 0. The van der Waals surface area contributed by atoms with Crippen LogP contribution < -0.4 is 10.6 Å². The molecule has 1 saturated carbocycles. The zero-order chi connectivity index (χ0) is 24.2. The Kier molecular flexibility index (Phi) is 7.82. The molecule has 0 radical (unpaired) electrons. The van der Waals surface area contributed by atoms with Crippen LogP contribution in [0.4, 0.5) is 4.79 Å². The Bertz CT molecular complexity index is 805. The maximum absolute atomic E-state index is 13.2. The smallest absolute Gasteiger partial charge is 0.408 e. The fourth-order valence-electron chi connectivity index (χ4n) is 4.70. The van der Waals surface area contributed by atoms with Crippen molar-refractivity contribution < 1.29 is 29.0 Å². The molecule has 1 aliphatic carbocycles. The largest absolute Gasteiger partial charge is 0.479 e. The first kappa shape index (κ1) is 25.2. The van der Waals surface area contributed by atoms with Crippen LogP contribution in [0, 0.1) is 5.92 Å². The Morgan fingerprint density at radius 1 is 1.18 bits per heavy atom. The first-order valence-corrected chi connectivity index (χ1v) is 12.0. The van der Waals surface area contributed by atoms with Crippen molar-refractivity contribution in [2.24, 2.45) is 5.92 Å². The van der Waals surface area contributed by atoms with E-state index in [0.717, 1.165) is 32.1 Å². The Morgan fingerprint density at radius 2 is 1.94 bits per heavy atom. The van der Waals surface area contributed by atoms with Gasteiger partial charge in [-0.3, -0.25) is 14.5 Å². The maximum atomic E-state index is 13.2. The van der Waals surface area contributed by atoms with Gasteiger partial charge in [-0.05, 0) is 65.8 Å². The average Bonchev–Trinajstić information content (AvgIpc) is 3.19. The SMILES string of the molecule is CC(C)(C)OC(=O)N[C@H]1CCCCC/C=C\[C@@H]2C[C@@]2(C(=O)O)NC(=O)[C@@H]2CCCN2CC1=O. The van der Waals surface area contributed by atoms with Gasteiger partial charge in [0.2, 0.25) is 5.91 Å². The number of hydrogen-bond donors (Lipinski definition) is 3. The van der Waals surface area contributed by atoms with Crippen LogP contribution in [0.1, 0.15) is 72.1 Å². The molecular weight excluding hydrogens is 426 g/mol. The van der Waals surface area contributed by atoms with E-state index in [-0.39, 0.29) is 24.2 Å². The van der Waals surface area contributed by atoms with Crippen LogP contribution in [0.2, 0.25) is 0 Å². The molecule has 33 heavy (non-hydrogen) atoms. The number of rotatable bonds is 2. The quantitative estimate of drug-likeness (QED) is 0.537. The van der Waals surface area contributed by atoms with Gasteiger partial charge in [0.05, 0.1) is 18.6 Å². The van der Waals surface area contributed by atoms with Crippen LogP contribution in [-0.2, 0) is 19.1 Å². The minimum absolute atomic E-state index is 0.0297. The van der Waals surface area contributed by atoms with Gasteiger partial charge in [0.15, 0.2) is 5.78 Å². The second-order valence-electron chi connectivity index (χ2n) is 10.4. The third-order valence-corrected chi connectivity index (χ3v) is 6.58. The highest BCUT2D eigenvalue weighted by Crippen LogP contribution is 2.45. The molecule has 4 atom stereocenters. The summed E-state index contributed by atoms with van der Waals surface area (Å²) in [6, 6.07) is -1.24. The molecule has 3 rings (SSSR count). The molecule has 2 aliphatic heterocycles. The number of allylic oxidation sites excluding steroid dienone is 1. The number of alkyl carbamates (subject to hydrolysis) is 1. The maximum Gasteiger partial charge on any atom is 0.408 e. The Hall–Kier alpha value is -2.42. The second kappa shape index (κ2) is 10.2. The normalized spacial score (nSPS) is 32.8. The molecule has 9 heteroatoms. The summed E-state index contributed by atoms with van der Waals surface area (Å²) in [5.41, 5.74) is -1.92. The van der Waals surface area contributed by atoms with Crippen molar-refractivity contribution in [1.82, 2.24) is 15.5 Å². The first-order chi connectivity index (χ1) is 15.5. The highest BCUT2D eigenvalue weighted by molar-refractivity contribution is 5.94. The first-order valence-electron chi connectivity index (χ1n) is 12.0. The zero-order valence-corrected chi connectivity index (χ0v) is 19.9. The summed E-state index contributed by atoms with van der Waals surface area (Å²) in [5, 5.41) is 15.3. The van der Waals surface area contributed by atoms with Crippen LogP contribution in [0.25, 0.3) is 0 Å². The molecule has 184 valence electrons. The Labute approximate surface area is 195 Å². The number of fused-ring (bicyclic) bond motifs is 2.